The minimum atomic E-state index is -0.143. The predicted molar refractivity (Wildman–Crippen MR) is 128 cm³/mol. The van der Waals surface area contributed by atoms with Crippen molar-refractivity contribution >= 4 is 5.91 Å². The SMILES string of the molecule is CCCCCCNC(=O)c1ccc(CN(Cc2ccccc2)Cc2cccc(OC)c2)o1. The molecule has 1 heterocycles. The molecule has 1 N–H and O–H groups in total. The normalized spacial score (nSPS) is 11.0. The van der Waals surface area contributed by atoms with E-state index < -0.39 is 0 Å². The second-order valence-electron chi connectivity index (χ2n) is 8.06. The third-order valence-electron chi connectivity index (χ3n) is 5.37. The number of hydrogen-bond donors (Lipinski definition) is 1. The van der Waals surface area contributed by atoms with Crippen LogP contribution in [-0.2, 0) is 19.6 Å². The summed E-state index contributed by atoms with van der Waals surface area (Å²) in [5.41, 5.74) is 2.39. The van der Waals surface area contributed by atoms with Crippen LogP contribution in [0, 0.1) is 0 Å². The minimum absolute atomic E-state index is 0.143. The molecule has 5 heteroatoms. The monoisotopic (exact) mass is 434 g/mol. The molecule has 32 heavy (non-hydrogen) atoms. The van der Waals surface area contributed by atoms with Crippen molar-refractivity contribution in [3.8, 4) is 5.75 Å². The lowest BCUT2D eigenvalue weighted by atomic mass is 10.1. The number of nitrogens with one attached hydrogen (secondary N) is 1. The van der Waals surface area contributed by atoms with Gasteiger partial charge in [-0.1, -0.05) is 68.7 Å². The van der Waals surface area contributed by atoms with Crippen molar-refractivity contribution < 1.29 is 13.9 Å². The van der Waals surface area contributed by atoms with Crippen LogP contribution in [0.25, 0.3) is 0 Å². The minimum Gasteiger partial charge on any atom is -0.497 e. The standard InChI is InChI=1S/C27H34N2O3/c1-3-4-5-9-17-28-27(30)26-16-15-25(32-26)21-29(19-22-11-7-6-8-12-22)20-23-13-10-14-24(18-23)31-2/h6-8,10-16,18H,3-5,9,17,19-21H2,1-2H3,(H,28,30). The number of amides is 1. The molecule has 0 spiro atoms. The summed E-state index contributed by atoms with van der Waals surface area (Å²) >= 11 is 0. The fraction of sp³-hybridized carbons (Fsp3) is 0.370. The van der Waals surface area contributed by atoms with Gasteiger partial charge in [0, 0.05) is 19.6 Å². The summed E-state index contributed by atoms with van der Waals surface area (Å²) < 4.78 is 11.3. The molecule has 2 aromatic carbocycles. The molecule has 0 saturated heterocycles. The average Bonchev–Trinajstić information content (AvgIpc) is 3.28. The third-order valence-corrected chi connectivity index (χ3v) is 5.37. The van der Waals surface area contributed by atoms with E-state index in [0.717, 1.165) is 43.0 Å². The number of nitrogens with zero attached hydrogens (tertiary/aromatic N) is 1. The Kier molecular flexibility index (Phi) is 9.38. The Labute approximate surface area is 191 Å². The molecule has 0 unspecified atom stereocenters. The van der Waals surface area contributed by atoms with E-state index in [0.29, 0.717) is 18.8 Å². The molecule has 0 fully saturated rings. The molecule has 170 valence electrons. The van der Waals surface area contributed by atoms with Crippen LogP contribution in [0.15, 0.2) is 71.1 Å². The zero-order valence-corrected chi connectivity index (χ0v) is 19.2. The Morgan fingerprint density at radius 2 is 1.69 bits per heavy atom. The summed E-state index contributed by atoms with van der Waals surface area (Å²) in [5, 5.41) is 2.96. The van der Waals surface area contributed by atoms with Crippen LogP contribution < -0.4 is 10.1 Å². The van der Waals surface area contributed by atoms with Gasteiger partial charge in [-0.05, 0) is 41.8 Å². The van der Waals surface area contributed by atoms with E-state index in [1.807, 2.05) is 24.3 Å². The van der Waals surface area contributed by atoms with Crippen molar-refractivity contribution in [3.63, 3.8) is 0 Å². The predicted octanol–water partition coefficient (Wildman–Crippen LogP) is 5.80. The second kappa shape index (κ2) is 12.7. The maximum Gasteiger partial charge on any atom is 0.286 e. The molecular formula is C27H34N2O3. The maximum absolute atomic E-state index is 12.4. The first-order valence-corrected chi connectivity index (χ1v) is 11.4. The lowest BCUT2D eigenvalue weighted by Gasteiger charge is -2.22. The number of furan rings is 1. The van der Waals surface area contributed by atoms with Gasteiger partial charge in [-0.3, -0.25) is 9.69 Å². The van der Waals surface area contributed by atoms with E-state index in [1.54, 1.807) is 13.2 Å². The van der Waals surface area contributed by atoms with Crippen LogP contribution >= 0.6 is 0 Å². The van der Waals surface area contributed by atoms with Crippen LogP contribution in [0.3, 0.4) is 0 Å². The fourth-order valence-electron chi connectivity index (χ4n) is 3.68. The molecule has 0 saturated carbocycles. The molecule has 0 aliphatic rings. The lowest BCUT2D eigenvalue weighted by molar-refractivity contribution is 0.0920. The number of hydrogen-bond acceptors (Lipinski definition) is 4. The van der Waals surface area contributed by atoms with Gasteiger partial charge in [-0.2, -0.15) is 0 Å². The molecule has 3 rings (SSSR count). The van der Waals surface area contributed by atoms with Crippen molar-refractivity contribution in [1.29, 1.82) is 0 Å². The number of rotatable bonds is 13. The number of carbonyl (C=O) groups excluding carboxylic acids is 1. The van der Waals surface area contributed by atoms with Gasteiger partial charge < -0.3 is 14.5 Å². The van der Waals surface area contributed by atoms with E-state index in [9.17, 15) is 4.79 Å². The van der Waals surface area contributed by atoms with Gasteiger partial charge in [0.2, 0.25) is 0 Å². The highest BCUT2D eigenvalue weighted by Crippen LogP contribution is 2.19. The van der Waals surface area contributed by atoms with Crippen molar-refractivity contribution in [3.05, 3.63) is 89.4 Å². The molecule has 0 radical (unpaired) electrons. The summed E-state index contributed by atoms with van der Waals surface area (Å²) in [6.45, 7) is 4.99. The largest absolute Gasteiger partial charge is 0.497 e. The molecular weight excluding hydrogens is 400 g/mol. The molecule has 0 aliphatic heterocycles. The van der Waals surface area contributed by atoms with Gasteiger partial charge in [0.15, 0.2) is 5.76 Å². The average molecular weight is 435 g/mol. The molecule has 5 nitrogen and oxygen atoms in total. The molecule has 0 bridgehead atoms. The van der Waals surface area contributed by atoms with Crippen LogP contribution in [0.2, 0.25) is 0 Å². The summed E-state index contributed by atoms with van der Waals surface area (Å²) in [5.74, 6) is 1.85. The summed E-state index contributed by atoms with van der Waals surface area (Å²) in [7, 11) is 1.68. The summed E-state index contributed by atoms with van der Waals surface area (Å²) in [6, 6.07) is 22.1. The highest BCUT2D eigenvalue weighted by molar-refractivity contribution is 5.91. The van der Waals surface area contributed by atoms with Gasteiger partial charge in [0.05, 0.1) is 13.7 Å². The van der Waals surface area contributed by atoms with Crippen LogP contribution in [0.1, 0.15) is 60.0 Å². The number of carbonyl (C=O) groups is 1. The number of ether oxygens (including phenoxy) is 1. The number of unbranched alkanes of at least 4 members (excludes halogenated alkanes) is 3. The zero-order chi connectivity index (χ0) is 22.6. The van der Waals surface area contributed by atoms with E-state index in [-0.39, 0.29) is 5.91 Å². The van der Waals surface area contributed by atoms with Crippen LogP contribution in [0.5, 0.6) is 5.75 Å². The third kappa shape index (κ3) is 7.57. The summed E-state index contributed by atoms with van der Waals surface area (Å²) in [6.07, 6.45) is 4.52. The number of methoxy groups -OCH3 is 1. The molecule has 1 amide bonds. The van der Waals surface area contributed by atoms with E-state index in [4.69, 9.17) is 9.15 Å². The van der Waals surface area contributed by atoms with Crippen molar-refractivity contribution in [2.45, 2.75) is 52.2 Å². The Bertz CT molecular complexity index is 952. The molecule has 1 aromatic heterocycles. The Morgan fingerprint density at radius 3 is 2.47 bits per heavy atom. The first-order chi connectivity index (χ1) is 15.7. The summed E-state index contributed by atoms with van der Waals surface area (Å²) in [4.78, 5) is 14.7. The Morgan fingerprint density at radius 1 is 0.906 bits per heavy atom. The Hall–Kier alpha value is -3.05. The first kappa shape index (κ1) is 23.6. The van der Waals surface area contributed by atoms with E-state index >= 15 is 0 Å². The molecule has 3 aromatic rings. The quantitative estimate of drug-likeness (QED) is 0.345. The molecule has 0 atom stereocenters. The maximum atomic E-state index is 12.4. The van der Waals surface area contributed by atoms with Crippen LogP contribution in [0.4, 0.5) is 0 Å². The van der Waals surface area contributed by atoms with Gasteiger partial charge in [0.25, 0.3) is 5.91 Å². The number of benzene rings is 2. The van der Waals surface area contributed by atoms with Gasteiger partial charge >= 0.3 is 0 Å². The van der Waals surface area contributed by atoms with Crippen LogP contribution in [-0.4, -0.2) is 24.5 Å². The Balaban J connectivity index is 1.64. The molecule has 0 aliphatic carbocycles. The topological polar surface area (TPSA) is 54.7 Å². The van der Waals surface area contributed by atoms with Gasteiger partial charge in [0.1, 0.15) is 11.5 Å². The van der Waals surface area contributed by atoms with Crippen molar-refractivity contribution in [2.24, 2.45) is 0 Å². The lowest BCUT2D eigenvalue weighted by Crippen LogP contribution is -2.24. The fourth-order valence-corrected chi connectivity index (χ4v) is 3.68. The van der Waals surface area contributed by atoms with Gasteiger partial charge in [-0.25, -0.2) is 0 Å². The highest BCUT2D eigenvalue weighted by atomic mass is 16.5. The zero-order valence-electron chi connectivity index (χ0n) is 19.2. The smallest absolute Gasteiger partial charge is 0.286 e. The highest BCUT2D eigenvalue weighted by Gasteiger charge is 2.15. The second-order valence-corrected chi connectivity index (χ2v) is 8.06. The van der Waals surface area contributed by atoms with E-state index in [1.165, 1.54) is 18.4 Å². The van der Waals surface area contributed by atoms with Crippen molar-refractivity contribution in [2.75, 3.05) is 13.7 Å². The van der Waals surface area contributed by atoms with Crippen molar-refractivity contribution in [1.82, 2.24) is 10.2 Å². The van der Waals surface area contributed by atoms with E-state index in [2.05, 4.69) is 53.5 Å². The first-order valence-electron chi connectivity index (χ1n) is 11.4. The van der Waals surface area contributed by atoms with Gasteiger partial charge in [-0.15, -0.1) is 0 Å².